The SMILES string of the molecule is COc1ccc(CN(C)c2ccc(CN)cc2C)cc1. The summed E-state index contributed by atoms with van der Waals surface area (Å²) >= 11 is 0. The highest BCUT2D eigenvalue weighted by Crippen LogP contribution is 2.22. The summed E-state index contributed by atoms with van der Waals surface area (Å²) in [5.74, 6) is 0.889. The Morgan fingerprint density at radius 2 is 1.70 bits per heavy atom. The number of hydrogen-bond donors (Lipinski definition) is 1. The summed E-state index contributed by atoms with van der Waals surface area (Å²) in [5, 5.41) is 0. The number of anilines is 1. The van der Waals surface area contributed by atoms with Gasteiger partial charge in [-0.05, 0) is 41.8 Å². The second kappa shape index (κ2) is 6.44. The van der Waals surface area contributed by atoms with E-state index in [1.807, 2.05) is 12.1 Å². The van der Waals surface area contributed by atoms with Crippen LogP contribution in [0.4, 0.5) is 5.69 Å². The standard InChI is InChI=1S/C17H22N2O/c1-13-10-15(11-18)6-9-17(13)19(2)12-14-4-7-16(20-3)8-5-14/h4-10H,11-12,18H2,1-3H3. The van der Waals surface area contributed by atoms with Crippen molar-refractivity contribution in [2.75, 3.05) is 19.1 Å². The molecular weight excluding hydrogens is 248 g/mol. The highest BCUT2D eigenvalue weighted by Gasteiger charge is 2.06. The molecule has 0 saturated heterocycles. The molecule has 0 unspecified atom stereocenters. The lowest BCUT2D eigenvalue weighted by Gasteiger charge is -2.22. The van der Waals surface area contributed by atoms with Crippen LogP contribution in [0.15, 0.2) is 42.5 Å². The van der Waals surface area contributed by atoms with Gasteiger partial charge in [-0.3, -0.25) is 0 Å². The van der Waals surface area contributed by atoms with Crippen LogP contribution in [-0.2, 0) is 13.1 Å². The third-order valence-electron chi connectivity index (χ3n) is 3.49. The summed E-state index contributed by atoms with van der Waals surface area (Å²) < 4.78 is 5.18. The molecule has 2 aromatic rings. The highest BCUT2D eigenvalue weighted by atomic mass is 16.5. The van der Waals surface area contributed by atoms with E-state index in [0.29, 0.717) is 6.54 Å². The molecule has 0 aliphatic rings. The number of methoxy groups -OCH3 is 1. The highest BCUT2D eigenvalue weighted by molar-refractivity contribution is 5.54. The topological polar surface area (TPSA) is 38.5 Å². The molecule has 0 aliphatic heterocycles. The summed E-state index contributed by atoms with van der Waals surface area (Å²) in [6, 6.07) is 14.6. The van der Waals surface area contributed by atoms with Crippen molar-refractivity contribution in [3.8, 4) is 5.75 Å². The zero-order valence-corrected chi connectivity index (χ0v) is 12.4. The summed E-state index contributed by atoms with van der Waals surface area (Å²) in [6.45, 7) is 3.58. The van der Waals surface area contributed by atoms with E-state index < -0.39 is 0 Å². The molecule has 106 valence electrons. The molecule has 0 radical (unpaired) electrons. The maximum atomic E-state index is 5.67. The molecule has 0 fully saturated rings. The van der Waals surface area contributed by atoms with E-state index in [0.717, 1.165) is 12.3 Å². The lowest BCUT2D eigenvalue weighted by molar-refractivity contribution is 0.414. The largest absolute Gasteiger partial charge is 0.497 e. The van der Waals surface area contributed by atoms with Crippen LogP contribution >= 0.6 is 0 Å². The van der Waals surface area contributed by atoms with Gasteiger partial charge < -0.3 is 15.4 Å². The summed E-state index contributed by atoms with van der Waals surface area (Å²) in [5.41, 5.74) is 10.6. The second-order valence-electron chi connectivity index (χ2n) is 5.03. The minimum atomic E-state index is 0.587. The van der Waals surface area contributed by atoms with Crippen molar-refractivity contribution in [2.45, 2.75) is 20.0 Å². The normalized spacial score (nSPS) is 10.4. The average Bonchev–Trinajstić information content (AvgIpc) is 2.47. The fraction of sp³-hybridized carbons (Fsp3) is 0.294. The average molecular weight is 270 g/mol. The van der Waals surface area contributed by atoms with Crippen molar-refractivity contribution in [3.05, 3.63) is 59.2 Å². The Hall–Kier alpha value is -2.00. The summed E-state index contributed by atoms with van der Waals surface area (Å²) in [4.78, 5) is 2.25. The number of ether oxygens (including phenoxy) is 1. The fourth-order valence-electron chi connectivity index (χ4n) is 2.36. The quantitative estimate of drug-likeness (QED) is 0.907. The Morgan fingerprint density at radius 1 is 1.05 bits per heavy atom. The zero-order valence-electron chi connectivity index (χ0n) is 12.4. The molecule has 2 N–H and O–H groups in total. The molecule has 3 heteroatoms. The van der Waals surface area contributed by atoms with E-state index in [9.17, 15) is 0 Å². The molecule has 20 heavy (non-hydrogen) atoms. The van der Waals surface area contributed by atoms with Crippen molar-refractivity contribution in [1.29, 1.82) is 0 Å². The van der Waals surface area contributed by atoms with Gasteiger partial charge in [-0.15, -0.1) is 0 Å². The minimum absolute atomic E-state index is 0.587. The van der Waals surface area contributed by atoms with Gasteiger partial charge in [0.05, 0.1) is 7.11 Å². The van der Waals surface area contributed by atoms with E-state index in [1.165, 1.54) is 22.4 Å². The van der Waals surface area contributed by atoms with Crippen LogP contribution in [0.2, 0.25) is 0 Å². The molecule has 3 nitrogen and oxygen atoms in total. The Balaban J connectivity index is 2.12. The first-order chi connectivity index (χ1) is 9.63. The van der Waals surface area contributed by atoms with Crippen molar-refractivity contribution < 1.29 is 4.74 Å². The van der Waals surface area contributed by atoms with Gasteiger partial charge in [0.25, 0.3) is 0 Å². The predicted molar refractivity (Wildman–Crippen MR) is 84.2 cm³/mol. The van der Waals surface area contributed by atoms with E-state index in [4.69, 9.17) is 10.5 Å². The number of nitrogens with zero attached hydrogens (tertiary/aromatic N) is 1. The van der Waals surface area contributed by atoms with Crippen LogP contribution in [0.25, 0.3) is 0 Å². The smallest absolute Gasteiger partial charge is 0.118 e. The first kappa shape index (κ1) is 14.4. The lowest BCUT2D eigenvalue weighted by atomic mass is 10.1. The summed E-state index contributed by atoms with van der Waals surface area (Å²) in [6.07, 6.45) is 0. The number of rotatable bonds is 5. The van der Waals surface area contributed by atoms with E-state index in [2.05, 4.69) is 49.2 Å². The van der Waals surface area contributed by atoms with Crippen LogP contribution in [-0.4, -0.2) is 14.2 Å². The minimum Gasteiger partial charge on any atom is -0.497 e. The Kier molecular flexibility index (Phi) is 4.64. The molecule has 0 aliphatic carbocycles. The maximum absolute atomic E-state index is 5.67. The molecular formula is C17H22N2O. The Labute approximate surface area is 121 Å². The molecule has 0 bridgehead atoms. The number of nitrogens with two attached hydrogens (primary N) is 1. The monoisotopic (exact) mass is 270 g/mol. The van der Waals surface area contributed by atoms with Gasteiger partial charge >= 0.3 is 0 Å². The van der Waals surface area contributed by atoms with Crippen molar-refractivity contribution in [2.24, 2.45) is 5.73 Å². The van der Waals surface area contributed by atoms with E-state index in [1.54, 1.807) is 7.11 Å². The molecule has 2 aromatic carbocycles. The summed E-state index contributed by atoms with van der Waals surface area (Å²) in [7, 11) is 3.79. The van der Waals surface area contributed by atoms with Crippen LogP contribution in [0.5, 0.6) is 5.75 Å². The van der Waals surface area contributed by atoms with Crippen LogP contribution in [0.3, 0.4) is 0 Å². The van der Waals surface area contributed by atoms with Crippen molar-refractivity contribution >= 4 is 5.69 Å². The number of aryl methyl sites for hydroxylation is 1. The predicted octanol–water partition coefficient (Wildman–Crippen LogP) is 3.10. The number of benzene rings is 2. The van der Waals surface area contributed by atoms with Crippen LogP contribution < -0.4 is 15.4 Å². The molecule has 0 atom stereocenters. The van der Waals surface area contributed by atoms with Crippen molar-refractivity contribution in [1.82, 2.24) is 0 Å². The third-order valence-corrected chi connectivity index (χ3v) is 3.49. The molecule has 0 heterocycles. The molecule has 0 saturated carbocycles. The van der Waals surface area contributed by atoms with Gasteiger partial charge in [0.2, 0.25) is 0 Å². The van der Waals surface area contributed by atoms with Crippen LogP contribution in [0, 0.1) is 6.92 Å². The molecule has 0 aromatic heterocycles. The zero-order chi connectivity index (χ0) is 14.5. The van der Waals surface area contributed by atoms with Gasteiger partial charge in [-0.2, -0.15) is 0 Å². The maximum Gasteiger partial charge on any atom is 0.118 e. The van der Waals surface area contributed by atoms with Gasteiger partial charge in [-0.1, -0.05) is 24.3 Å². The Morgan fingerprint density at radius 3 is 2.25 bits per heavy atom. The second-order valence-corrected chi connectivity index (χ2v) is 5.03. The first-order valence-corrected chi connectivity index (χ1v) is 6.77. The molecule has 0 spiro atoms. The van der Waals surface area contributed by atoms with Gasteiger partial charge in [0.15, 0.2) is 0 Å². The first-order valence-electron chi connectivity index (χ1n) is 6.77. The van der Waals surface area contributed by atoms with Crippen molar-refractivity contribution in [3.63, 3.8) is 0 Å². The lowest BCUT2D eigenvalue weighted by Crippen LogP contribution is -2.17. The third kappa shape index (κ3) is 3.31. The van der Waals surface area contributed by atoms with Crippen LogP contribution in [0.1, 0.15) is 16.7 Å². The van der Waals surface area contributed by atoms with E-state index >= 15 is 0 Å². The van der Waals surface area contributed by atoms with E-state index in [-0.39, 0.29) is 0 Å². The molecule has 2 rings (SSSR count). The fourth-order valence-corrected chi connectivity index (χ4v) is 2.36. The Bertz CT molecular complexity index is 564. The van der Waals surface area contributed by atoms with Gasteiger partial charge in [0, 0.05) is 25.8 Å². The molecule has 0 amide bonds. The number of hydrogen-bond acceptors (Lipinski definition) is 3. The van der Waals surface area contributed by atoms with Gasteiger partial charge in [-0.25, -0.2) is 0 Å². The van der Waals surface area contributed by atoms with Gasteiger partial charge in [0.1, 0.15) is 5.75 Å².